The van der Waals surface area contributed by atoms with E-state index in [4.69, 9.17) is 0 Å². The van der Waals surface area contributed by atoms with Crippen molar-refractivity contribution in [2.75, 3.05) is 4.43 Å². The third-order valence-electron chi connectivity index (χ3n) is 1.84. The van der Waals surface area contributed by atoms with Crippen LogP contribution in [0.2, 0.25) is 0 Å². The van der Waals surface area contributed by atoms with Gasteiger partial charge in [-0.05, 0) is 18.4 Å². The standard InChI is InChI=1S/C10H13I/c1-8-4-3-5-10(6-8)9(2)7-11/h3-6,9H,7H2,1-2H3/t9-/m1/s1. The average molecular weight is 260 g/mol. The molecule has 1 aromatic carbocycles. The fourth-order valence-corrected chi connectivity index (χ4v) is 1.57. The lowest BCUT2D eigenvalue weighted by molar-refractivity contribution is 0.893. The van der Waals surface area contributed by atoms with Crippen molar-refractivity contribution in [2.24, 2.45) is 0 Å². The summed E-state index contributed by atoms with van der Waals surface area (Å²) in [4.78, 5) is 0. The van der Waals surface area contributed by atoms with E-state index in [9.17, 15) is 0 Å². The van der Waals surface area contributed by atoms with Crippen molar-refractivity contribution in [1.82, 2.24) is 0 Å². The summed E-state index contributed by atoms with van der Waals surface area (Å²) in [6.07, 6.45) is 0. The lowest BCUT2D eigenvalue weighted by atomic mass is 10.0. The van der Waals surface area contributed by atoms with Crippen LogP contribution in [0.5, 0.6) is 0 Å². The molecule has 0 N–H and O–H groups in total. The molecule has 1 rings (SSSR count). The molecule has 1 aromatic rings. The SMILES string of the molecule is Cc1cccc([C@H](C)CI)c1. The number of alkyl halides is 1. The number of hydrogen-bond donors (Lipinski definition) is 0. The molecule has 0 aliphatic carbocycles. The molecule has 0 heterocycles. The molecule has 0 amide bonds. The molecular weight excluding hydrogens is 247 g/mol. The first-order valence-electron chi connectivity index (χ1n) is 3.86. The van der Waals surface area contributed by atoms with E-state index in [1.165, 1.54) is 15.6 Å². The number of aryl methyl sites for hydroxylation is 1. The van der Waals surface area contributed by atoms with Gasteiger partial charge in [-0.25, -0.2) is 0 Å². The molecule has 1 heteroatoms. The molecule has 0 unspecified atom stereocenters. The van der Waals surface area contributed by atoms with E-state index < -0.39 is 0 Å². The molecule has 0 saturated carbocycles. The van der Waals surface area contributed by atoms with E-state index in [1.807, 2.05) is 0 Å². The summed E-state index contributed by atoms with van der Waals surface area (Å²) in [6, 6.07) is 8.75. The van der Waals surface area contributed by atoms with Crippen molar-refractivity contribution < 1.29 is 0 Å². The normalized spacial score (nSPS) is 13.0. The second-order valence-electron chi connectivity index (χ2n) is 2.97. The summed E-state index contributed by atoms with van der Waals surface area (Å²) in [6.45, 7) is 4.41. The van der Waals surface area contributed by atoms with Gasteiger partial charge in [0.05, 0.1) is 0 Å². The van der Waals surface area contributed by atoms with E-state index in [0.717, 1.165) is 0 Å². The van der Waals surface area contributed by atoms with E-state index >= 15 is 0 Å². The zero-order valence-electron chi connectivity index (χ0n) is 6.97. The highest BCUT2D eigenvalue weighted by Gasteiger charge is 2.01. The van der Waals surface area contributed by atoms with Crippen LogP contribution in [0.4, 0.5) is 0 Å². The highest BCUT2D eigenvalue weighted by molar-refractivity contribution is 14.1. The maximum atomic E-state index is 2.43. The van der Waals surface area contributed by atoms with Crippen molar-refractivity contribution >= 4 is 22.6 Å². The van der Waals surface area contributed by atoms with Crippen LogP contribution in [-0.4, -0.2) is 4.43 Å². The van der Waals surface area contributed by atoms with Crippen LogP contribution < -0.4 is 0 Å². The fraction of sp³-hybridized carbons (Fsp3) is 0.400. The minimum absolute atomic E-state index is 0.690. The van der Waals surface area contributed by atoms with Gasteiger partial charge in [-0.15, -0.1) is 0 Å². The Balaban J connectivity index is 2.86. The second kappa shape index (κ2) is 4.10. The maximum Gasteiger partial charge on any atom is 0.00616 e. The molecule has 1 atom stereocenters. The summed E-state index contributed by atoms with van der Waals surface area (Å²) in [5, 5.41) is 0. The molecule has 11 heavy (non-hydrogen) atoms. The van der Waals surface area contributed by atoms with Gasteiger partial charge < -0.3 is 0 Å². The Labute approximate surface area is 82.2 Å². The maximum absolute atomic E-state index is 2.43. The van der Waals surface area contributed by atoms with Gasteiger partial charge in [-0.3, -0.25) is 0 Å². The summed E-state index contributed by atoms with van der Waals surface area (Å²) in [5.74, 6) is 0.690. The van der Waals surface area contributed by atoms with Gasteiger partial charge in [0.15, 0.2) is 0 Å². The van der Waals surface area contributed by atoms with Crippen molar-refractivity contribution in [3.05, 3.63) is 35.4 Å². The Morgan fingerprint density at radius 2 is 2.18 bits per heavy atom. The lowest BCUT2D eigenvalue weighted by Gasteiger charge is -2.07. The van der Waals surface area contributed by atoms with E-state index in [0.29, 0.717) is 5.92 Å². The number of benzene rings is 1. The Kier molecular flexibility index (Phi) is 3.37. The minimum Gasteiger partial charge on any atom is -0.0857 e. The number of rotatable bonds is 2. The average Bonchev–Trinajstić information content (AvgIpc) is 2.03. The molecule has 0 aliphatic rings. The quantitative estimate of drug-likeness (QED) is 0.563. The first kappa shape index (κ1) is 9.04. The topological polar surface area (TPSA) is 0 Å². The summed E-state index contributed by atoms with van der Waals surface area (Å²) in [7, 11) is 0. The zero-order chi connectivity index (χ0) is 8.27. The molecule has 0 radical (unpaired) electrons. The Bertz CT molecular complexity index is 230. The first-order valence-corrected chi connectivity index (χ1v) is 5.39. The van der Waals surface area contributed by atoms with Gasteiger partial charge in [0.2, 0.25) is 0 Å². The van der Waals surface area contributed by atoms with Crippen LogP contribution in [0.3, 0.4) is 0 Å². The van der Waals surface area contributed by atoms with Crippen LogP contribution in [0.25, 0.3) is 0 Å². The summed E-state index contributed by atoms with van der Waals surface area (Å²) < 4.78 is 1.20. The summed E-state index contributed by atoms with van der Waals surface area (Å²) in [5.41, 5.74) is 2.82. The molecule has 0 aliphatic heterocycles. The predicted molar refractivity (Wildman–Crippen MR) is 58.5 cm³/mol. The zero-order valence-corrected chi connectivity index (χ0v) is 9.13. The van der Waals surface area contributed by atoms with Crippen LogP contribution in [0.15, 0.2) is 24.3 Å². The smallest absolute Gasteiger partial charge is 0.00616 e. The molecule has 0 nitrogen and oxygen atoms in total. The van der Waals surface area contributed by atoms with Crippen molar-refractivity contribution in [1.29, 1.82) is 0 Å². The van der Waals surface area contributed by atoms with Crippen LogP contribution in [0.1, 0.15) is 24.0 Å². The molecular formula is C10H13I. The third kappa shape index (κ3) is 2.47. The molecule has 0 bridgehead atoms. The minimum atomic E-state index is 0.690. The molecule has 0 fully saturated rings. The van der Waals surface area contributed by atoms with Crippen molar-refractivity contribution in [3.63, 3.8) is 0 Å². The van der Waals surface area contributed by atoms with Crippen LogP contribution >= 0.6 is 22.6 Å². The highest BCUT2D eigenvalue weighted by Crippen LogP contribution is 2.18. The summed E-state index contributed by atoms with van der Waals surface area (Å²) >= 11 is 2.43. The van der Waals surface area contributed by atoms with Gasteiger partial charge >= 0.3 is 0 Å². The van der Waals surface area contributed by atoms with Gasteiger partial charge in [-0.2, -0.15) is 0 Å². The number of hydrogen-bond acceptors (Lipinski definition) is 0. The molecule has 0 saturated heterocycles. The van der Waals surface area contributed by atoms with Crippen LogP contribution in [-0.2, 0) is 0 Å². The van der Waals surface area contributed by atoms with E-state index in [-0.39, 0.29) is 0 Å². The predicted octanol–water partition coefficient (Wildman–Crippen LogP) is 3.53. The van der Waals surface area contributed by atoms with Gasteiger partial charge in [0.25, 0.3) is 0 Å². The second-order valence-corrected chi connectivity index (χ2v) is 3.85. The van der Waals surface area contributed by atoms with Gasteiger partial charge in [0, 0.05) is 4.43 Å². The first-order chi connectivity index (χ1) is 5.24. The molecule has 0 spiro atoms. The van der Waals surface area contributed by atoms with E-state index in [2.05, 4.69) is 60.7 Å². The lowest BCUT2D eigenvalue weighted by Crippen LogP contribution is -1.93. The van der Waals surface area contributed by atoms with Gasteiger partial charge in [-0.1, -0.05) is 59.3 Å². The third-order valence-corrected chi connectivity index (χ3v) is 3.16. The largest absolute Gasteiger partial charge is 0.0857 e. The highest BCUT2D eigenvalue weighted by atomic mass is 127. The number of halogens is 1. The fourth-order valence-electron chi connectivity index (χ4n) is 1.07. The Morgan fingerprint density at radius 3 is 2.73 bits per heavy atom. The Morgan fingerprint density at radius 1 is 1.45 bits per heavy atom. The molecule has 0 aromatic heterocycles. The van der Waals surface area contributed by atoms with Crippen molar-refractivity contribution in [3.8, 4) is 0 Å². The van der Waals surface area contributed by atoms with E-state index in [1.54, 1.807) is 0 Å². The van der Waals surface area contributed by atoms with Gasteiger partial charge in [0.1, 0.15) is 0 Å². The van der Waals surface area contributed by atoms with Crippen molar-refractivity contribution in [2.45, 2.75) is 19.8 Å². The van der Waals surface area contributed by atoms with Crippen LogP contribution in [0, 0.1) is 6.92 Å². The monoisotopic (exact) mass is 260 g/mol. The Hall–Kier alpha value is -0.0500. The molecule has 60 valence electrons.